The maximum atomic E-state index is 12.3. The highest BCUT2D eigenvalue weighted by Gasteiger charge is 2.27. The predicted octanol–water partition coefficient (Wildman–Crippen LogP) is 2.39. The summed E-state index contributed by atoms with van der Waals surface area (Å²) in [4.78, 5) is 14.1. The lowest BCUT2D eigenvalue weighted by Crippen LogP contribution is -2.42. The predicted molar refractivity (Wildman–Crippen MR) is 79.9 cm³/mol. The van der Waals surface area contributed by atoms with Crippen molar-refractivity contribution in [1.82, 2.24) is 0 Å². The molecule has 1 unspecified atom stereocenters. The number of benzene rings is 1. The van der Waals surface area contributed by atoms with E-state index < -0.39 is 6.10 Å². The second-order valence-corrected chi connectivity index (χ2v) is 4.54. The van der Waals surface area contributed by atoms with Crippen LogP contribution in [0.1, 0.15) is 25.8 Å². The number of hydrogen-bond donors (Lipinski definition) is 1. The summed E-state index contributed by atoms with van der Waals surface area (Å²) in [5.74, 6) is 0.0170. The van der Waals surface area contributed by atoms with Crippen LogP contribution in [0.25, 0.3) is 0 Å². The van der Waals surface area contributed by atoms with Crippen molar-refractivity contribution in [2.24, 2.45) is 0 Å². The number of fused-ring (bicyclic) bond motifs is 1. The van der Waals surface area contributed by atoms with Crippen molar-refractivity contribution in [2.75, 3.05) is 23.8 Å². The number of nitrogen functional groups attached to an aromatic ring is 1. The monoisotopic (exact) mass is 284 g/mol. The molecule has 2 rings (SSSR count). The van der Waals surface area contributed by atoms with Gasteiger partial charge in [0, 0.05) is 24.5 Å². The minimum atomic E-state index is -0.401. The number of carbonyl (C=O) groups is 1. The number of rotatable bonds is 3. The number of amides is 1. The third-order valence-corrected chi connectivity index (χ3v) is 3.32. The van der Waals surface area contributed by atoms with Crippen molar-refractivity contribution >= 4 is 29.7 Å². The fraction of sp³-hybridized carbons (Fsp3) is 0.500. The van der Waals surface area contributed by atoms with Crippen LogP contribution in [0.3, 0.4) is 0 Å². The van der Waals surface area contributed by atoms with Gasteiger partial charge < -0.3 is 15.4 Å². The Bertz CT molecular complexity index is 451. The second kappa shape index (κ2) is 6.78. The minimum absolute atomic E-state index is 0. The Morgan fingerprint density at radius 2 is 2.26 bits per heavy atom. The third kappa shape index (κ3) is 3.19. The molecule has 0 saturated carbocycles. The summed E-state index contributed by atoms with van der Waals surface area (Å²) in [6, 6.07) is 5.74. The normalized spacial score (nSPS) is 15.4. The van der Waals surface area contributed by atoms with Crippen molar-refractivity contribution < 1.29 is 9.53 Å². The van der Waals surface area contributed by atoms with Gasteiger partial charge in [0.15, 0.2) is 0 Å². The van der Waals surface area contributed by atoms with Crippen LogP contribution in [-0.2, 0) is 16.0 Å². The maximum Gasteiger partial charge on any atom is 0.255 e. The fourth-order valence-electron chi connectivity index (χ4n) is 2.42. The average Bonchev–Trinajstić information content (AvgIpc) is 2.38. The zero-order valence-electron chi connectivity index (χ0n) is 11.4. The standard InChI is InChI=1S/C14H20N2O2.ClH/c1-3-18-10(2)14(17)16-9-5-6-11-12(15)7-4-8-13(11)16;/h4,7-8,10H,3,5-6,9,15H2,1-2H3;1H. The fourth-order valence-corrected chi connectivity index (χ4v) is 2.42. The molecule has 106 valence electrons. The molecule has 1 aromatic carbocycles. The highest BCUT2D eigenvalue weighted by molar-refractivity contribution is 5.98. The molecule has 1 aromatic rings. The molecule has 0 aliphatic carbocycles. The van der Waals surface area contributed by atoms with Crippen LogP contribution in [0.15, 0.2) is 18.2 Å². The highest BCUT2D eigenvalue weighted by atomic mass is 35.5. The highest BCUT2D eigenvalue weighted by Crippen LogP contribution is 2.31. The Morgan fingerprint density at radius 3 is 2.95 bits per heavy atom. The first-order valence-corrected chi connectivity index (χ1v) is 6.45. The molecular weight excluding hydrogens is 264 g/mol. The lowest BCUT2D eigenvalue weighted by atomic mass is 9.99. The van der Waals surface area contributed by atoms with E-state index in [1.54, 1.807) is 11.8 Å². The number of halogens is 1. The number of anilines is 2. The molecule has 0 radical (unpaired) electrons. The summed E-state index contributed by atoms with van der Waals surface area (Å²) in [6.07, 6.45) is 1.49. The molecular formula is C14H21ClN2O2. The topological polar surface area (TPSA) is 55.6 Å². The summed E-state index contributed by atoms with van der Waals surface area (Å²) in [5.41, 5.74) is 8.77. The molecule has 19 heavy (non-hydrogen) atoms. The summed E-state index contributed by atoms with van der Waals surface area (Å²) >= 11 is 0. The maximum absolute atomic E-state index is 12.3. The molecule has 0 fully saturated rings. The molecule has 0 bridgehead atoms. The van der Waals surface area contributed by atoms with Crippen LogP contribution in [0.5, 0.6) is 0 Å². The van der Waals surface area contributed by atoms with Crippen LogP contribution in [0.4, 0.5) is 11.4 Å². The van der Waals surface area contributed by atoms with E-state index in [2.05, 4.69) is 0 Å². The number of carbonyl (C=O) groups excluding carboxylic acids is 1. The van der Waals surface area contributed by atoms with E-state index in [1.807, 2.05) is 25.1 Å². The molecule has 0 spiro atoms. The van der Waals surface area contributed by atoms with E-state index in [0.29, 0.717) is 6.61 Å². The van der Waals surface area contributed by atoms with Crippen molar-refractivity contribution in [2.45, 2.75) is 32.8 Å². The van der Waals surface area contributed by atoms with Gasteiger partial charge >= 0.3 is 0 Å². The number of nitrogens with zero attached hydrogens (tertiary/aromatic N) is 1. The Labute approximate surface area is 120 Å². The molecule has 1 amide bonds. The van der Waals surface area contributed by atoms with Crippen molar-refractivity contribution in [3.8, 4) is 0 Å². The summed E-state index contributed by atoms with van der Waals surface area (Å²) in [7, 11) is 0. The van der Waals surface area contributed by atoms with E-state index in [1.165, 1.54) is 0 Å². The third-order valence-electron chi connectivity index (χ3n) is 3.32. The molecule has 0 aromatic heterocycles. The molecule has 1 aliphatic heterocycles. The van der Waals surface area contributed by atoms with Gasteiger partial charge in [0.2, 0.25) is 0 Å². The molecule has 1 heterocycles. The zero-order valence-corrected chi connectivity index (χ0v) is 12.2. The second-order valence-electron chi connectivity index (χ2n) is 4.54. The van der Waals surface area contributed by atoms with Gasteiger partial charge in [-0.05, 0) is 44.4 Å². The van der Waals surface area contributed by atoms with E-state index in [4.69, 9.17) is 10.5 Å². The lowest BCUT2D eigenvalue weighted by Gasteiger charge is -2.32. The molecule has 1 aliphatic rings. The lowest BCUT2D eigenvalue weighted by molar-refractivity contribution is -0.128. The van der Waals surface area contributed by atoms with Gasteiger partial charge in [-0.15, -0.1) is 12.4 Å². The molecule has 1 atom stereocenters. The average molecular weight is 285 g/mol. The van der Waals surface area contributed by atoms with Crippen LogP contribution >= 0.6 is 12.4 Å². The smallest absolute Gasteiger partial charge is 0.255 e. The van der Waals surface area contributed by atoms with Crippen LogP contribution < -0.4 is 10.6 Å². The summed E-state index contributed by atoms with van der Waals surface area (Å²) in [6.45, 7) is 4.98. The van der Waals surface area contributed by atoms with E-state index in [9.17, 15) is 4.79 Å². The van der Waals surface area contributed by atoms with Crippen molar-refractivity contribution in [3.63, 3.8) is 0 Å². The first-order chi connectivity index (χ1) is 8.65. The minimum Gasteiger partial charge on any atom is -0.398 e. The van der Waals surface area contributed by atoms with Crippen molar-refractivity contribution in [3.05, 3.63) is 23.8 Å². The molecule has 0 saturated heterocycles. The first kappa shape index (κ1) is 15.8. The number of nitrogens with two attached hydrogens (primary N) is 1. The van der Waals surface area contributed by atoms with Gasteiger partial charge in [-0.3, -0.25) is 4.79 Å². The summed E-state index contributed by atoms with van der Waals surface area (Å²) in [5, 5.41) is 0. The van der Waals surface area contributed by atoms with Gasteiger partial charge in [-0.2, -0.15) is 0 Å². The molecule has 2 N–H and O–H groups in total. The van der Waals surface area contributed by atoms with Gasteiger partial charge in [-0.1, -0.05) is 6.07 Å². The quantitative estimate of drug-likeness (QED) is 0.867. The first-order valence-electron chi connectivity index (χ1n) is 6.45. The SMILES string of the molecule is CCOC(C)C(=O)N1CCCc2c(N)cccc21.Cl. The van der Waals surface area contributed by atoms with E-state index >= 15 is 0 Å². The number of ether oxygens (including phenoxy) is 1. The van der Waals surface area contributed by atoms with E-state index in [0.717, 1.165) is 36.3 Å². The van der Waals surface area contributed by atoms with Gasteiger partial charge in [0.25, 0.3) is 5.91 Å². The Hall–Kier alpha value is -1.26. The van der Waals surface area contributed by atoms with Gasteiger partial charge in [-0.25, -0.2) is 0 Å². The largest absolute Gasteiger partial charge is 0.398 e. The Kier molecular flexibility index (Phi) is 5.63. The number of hydrogen-bond acceptors (Lipinski definition) is 3. The molecule has 4 nitrogen and oxygen atoms in total. The van der Waals surface area contributed by atoms with Crippen LogP contribution in [-0.4, -0.2) is 25.2 Å². The Balaban J connectivity index is 0.00000180. The van der Waals surface area contributed by atoms with E-state index in [-0.39, 0.29) is 18.3 Å². The van der Waals surface area contributed by atoms with Crippen LogP contribution in [0, 0.1) is 0 Å². The van der Waals surface area contributed by atoms with Crippen molar-refractivity contribution in [1.29, 1.82) is 0 Å². The van der Waals surface area contributed by atoms with Gasteiger partial charge in [0.1, 0.15) is 6.10 Å². The Morgan fingerprint density at radius 1 is 1.53 bits per heavy atom. The van der Waals surface area contributed by atoms with Gasteiger partial charge in [0.05, 0.1) is 0 Å². The van der Waals surface area contributed by atoms with Crippen LogP contribution in [0.2, 0.25) is 0 Å². The molecule has 5 heteroatoms. The summed E-state index contributed by atoms with van der Waals surface area (Å²) < 4.78 is 5.38. The zero-order chi connectivity index (χ0) is 13.1.